The molecule has 0 aliphatic heterocycles. The number of aromatic amines is 1. The lowest BCUT2D eigenvalue weighted by Gasteiger charge is -2.11. The third-order valence-corrected chi connectivity index (χ3v) is 4.08. The molecule has 24 heavy (non-hydrogen) atoms. The molecule has 1 aromatic heterocycles. The Morgan fingerprint density at radius 2 is 1.92 bits per heavy atom. The average Bonchev–Trinajstić information content (AvgIpc) is 3.04. The molecular formula is C19H21N3O2. The van der Waals surface area contributed by atoms with Gasteiger partial charge in [0.05, 0.1) is 7.11 Å². The third-order valence-electron chi connectivity index (χ3n) is 4.08. The van der Waals surface area contributed by atoms with Crippen LogP contribution in [0.1, 0.15) is 10.5 Å². The second-order valence-corrected chi connectivity index (χ2v) is 5.81. The summed E-state index contributed by atoms with van der Waals surface area (Å²) in [5.74, 6) is 0.741. The minimum Gasteiger partial charge on any atom is -0.496 e. The number of aromatic nitrogens is 1. The lowest BCUT2D eigenvalue weighted by Crippen LogP contribution is -2.21. The minimum atomic E-state index is -0.0466. The van der Waals surface area contributed by atoms with E-state index in [9.17, 15) is 4.79 Å². The van der Waals surface area contributed by atoms with E-state index >= 15 is 0 Å². The number of benzene rings is 2. The lowest BCUT2D eigenvalue weighted by molar-refractivity contribution is 0.0823. The molecule has 0 aliphatic rings. The summed E-state index contributed by atoms with van der Waals surface area (Å²) in [7, 11) is 7.03. The molecule has 124 valence electrons. The molecule has 0 saturated carbocycles. The Morgan fingerprint density at radius 3 is 2.58 bits per heavy atom. The molecule has 0 bridgehead atoms. The monoisotopic (exact) mass is 323 g/mol. The van der Waals surface area contributed by atoms with Crippen molar-refractivity contribution in [3.8, 4) is 16.9 Å². The number of carbonyl (C=O) groups excluding carboxylic acids is 1. The fourth-order valence-corrected chi connectivity index (χ4v) is 2.82. The number of carbonyl (C=O) groups is 1. The molecule has 5 nitrogen and oxygen atoms in total. The molecule has 0 spiro atoms. The molecule has 0 radical (unpaired) electrons. The van der Waals surface area contributed by atoms with Crippen LogP contribution in [0.25, 0.3) is 22.0 Å². The maximum absolute atomic E-state index is 12.2. The average molecular weight is 323 g/mol. The van der Waals surface area contributed by atoms with Crippen molar-refractivity contribution in [2.45, 2.75) is 0 Å². The number of hydrogen-bond acceptors (Lipinski definition) is 3. The smallest absolute Gasteiger partial charge is 0.269 e. The van der Waals surface area contributed by atoms with Gasteiger partial charge in [-0.2, -0.15) is 0 Å². The summed E-state index contributed by atoms with van der Waals surface area (Å²) >= 11 is 0. The fourth-order valence-electron chi connectivity index (χ4n) is 2.82. The van der Waals surface area contributed by atoms with Crippen molar-refractivity contribution in [1.29, 1.82) is 0 Å². The molecule has 3 rings (SSSR count). The normalized spacial score (nSPS) is 10.7. The van der Waals surface area contributed by atoms with Gasteiger partial charge in [-0.25, -0.2) is 0 Å². The molecule has 3 aromatic rings. The van der Waals surface area contributed by atoms with Crippen molar-refractivity contribution >= 4 is 22.5 Å². The molecule has 5 heteroatoms. The number of rotatable bonds is 4. The standard InChI is InChI=1S/C19H21N3O2/c1-20-12-8-9-14(18(10-12)24-4)13-6-5-7-16-15(13)11-17(21-16)19(23)22(2)3/h5-11,20-21H,1-4H3. The van der Waals surface area contributed by atoms with Gasteiger partial charge in [-0.1, -0.05) is 12.1 Å². The lowest BCUT2D eigenvalue weighted by atomic mass is 10.00. The molecule has 1 amide bonds. The summed E-state index contributed by atoms with van der Waals surface area (Å²) in [6.45, 7) is 0. The Labute approximate surface area is 141 Å². The van der Waals surface area contributed by atoms with Crippen LogP contribution in [0.2, 0.25) is 0 Å². The highest BCUT2D eigenvalue weighted by atomic mass is 16.5. The quantitative estimate of drug-likeness (QED) is 0.771. The SMILES string of the molecule is CNc1ccc(-c2cccc3[nH]c(C(=O)N(C)C)cc23)c(OC)c1. The molecular weight excluding hydrogens is 302 g/mol. The summed E-state index contributed by atoms with van der Waals surface area (Å²) in [6, 6.07) is 13.9. The Morgan fingerprint density at radius 1 is 1.12 bits per heavy atom. The number of nitrogens with zero attached hydrogens (tertiary/aromatic N) is 1. The van der Waals surface area contributed by atoms with Crippen molar-refractivity contribution in [2.75, 3.05) is 33.6 Å². The maximum atomic E-state index is 12.2. The van der Waals surface area contributed by atoms with Gasteiger partial charge < -0.3 is 19.9 Å². The number of amides is 1. The van der Waals surface area contributed by atoms with Gasteiger partial charge in [0.25, 0.3) is 5.91 Å². The second-order valence-electron chi connectivity index (χ2n) is 5.81. The van der Waals surface area contributed by atoms with Crippen LogP contribution >= 0.6 is 0 Å². The van der Waals surface area contributed by atoms with Crippen molar-refractivity contribution in [1.82, 2.24) is 9.88 Å². The first kappa shape index (κ1) is 15.9. The topological polar surface area (TPSA) is 57.4 Å². The van der Waals surface area contributed by atoms with Crippen LogP contribution in [-0.4, -0.2) is 44.0 Å². The van der Waals surface area contributed by atoms with E-state index in [1.54, 1.807) is 26.1 Å². The minimum absolute atomic E-state index is 0.0466. The van der Waals surface area contributed by atoms with Crippen molar-refractivity contribution in [3.05, 3.63) is 48.2 Å². The van der Waals surface area contributed by atoms with Crippen LogP contribution < -0.4 is 10.1 Å². The zero-order valence-corrected chi connectivity index (χ0v) is 14.3. The Balaban J connectivity index is 2.18. The Hall–Kier alpha value is -2.95. The van der Waals surface area contributed by atoms with E-state index in [4.69, 9.17) is 4.74 Å². The number of methoxy groups -OCH3 is 1. The van der Waals surface area contributed by atoms with Gasteiger partial charge in [0, 0.05) is 49.4 Å². The van der Waals surface area contributed by atoms with E-state index < -0.39 is 0 Å². The van der Waals surface area contributed by atoms with E-state index in [0.717, 1.165) is 33.5 Å². The highest BCUT2D eigenvalue weighted by molar-refractivity contribution is 6.03. The van der Waals surface area contributed by atoms with Gasteiger partial charge in [0.15, 0.2) is 0 Å². The molecule has 0 fully saturated rings. The number of ether oxygens (including phenoxy) is 1. The first-order valence-electron chi connectivity index (χ1n) is 7.74. The highest BCUT2D eigenvalue weighted by Crippen LogP contribution is 2.37. The van der Waals surface area contributed by atoms with E-state index in [0.29, 0.717) is 5.69 Å². The van der Waals surface area contributed by atoms with Gasteiger partial charge in [0.1, 0.15) is 11.4 Å². The first-order valence-corrected chi connectivity index (χ1v) is 7.74. The predicted molar refractivity (Wildman–Crippen MR) is 97.9 cm³/mol. The number of fused-ring (bicyclic) bond motifs is 1. The molecule has 1 heterocycles. The zero-order chi connectivity index (χ0) is 17.3. The van der Waals surface area contributed by atoms with Crippen molar-refractivity contribution in [2.24, 2.45) is 0 Å². The highest BCUT2D eigenvalue weighted by Gasteiger charge is 2.15. The van der Waals surface area contributed by atoms with Crippen LogP contribution in [0.3, 0.4) is 0 Å². The fraction of sp³-hybridized carbons (Fsp3) is 0.211. The number of hydrogen-bond donors (Lipinski definition) is 2. The van der Waals surface area contributed by atoms with Gasteiger partial charge >= 0.3 is 0 Å². The van der Waals surface area contributed by atoms with E-state index in [-0.39, 0.29) is 5.91 Å². The number of nitrogens with one attached hydrogen (secondary N) is 2. The van der Waals surface area contributed by atoms with Crippen LogP contribution in [0, 0.1) is 0 Å². The molecule has 0 aliphatic carbocycles. The molecule has 0 saturated heterocycles. The van der Waals surface area contributed by atoms with Gasteiger partial charge in [-0.05, 0) is 29.8 Å². The van der Waals surface area contributed by atoms with Crippen LogP contribution in [-0.2, 0) is 0 Å². The number of anilines is 1. The summed E-state index contributed by atoms with van der Waals surface area (Å²) in [5.41, 5.74) is 4.51. The van der Waals surface area contributed by atoms with Crippen LogP contribution in [0.15, 0.2) is 42.5 Å². The second kappa shape index (κ2) is 6.28. The summed E-state index contributed by atoms with van der Waals surface area (Å²) < 4.78 is 5.56. The zero-order valence-electron chi connectivity index (χ0n) is 14.3. The molecule has 2 N–H and O–H groups in total. The first-order chi connectivity index (χ1) is 11.5. The molecule has 2 aromatic carbocycles. The van der Waals surface area contributed by atoms with Gasteiger partial charge in [-0.15, -0.1) is 0 Å². The van der Waals surface area contributed by atoms with Gasteiger partial charge in [-0.3, -0.25) is 4.79 Å². The summed E-state index contributed by atoms with van der Waals surface area (Å²) in [4.78, 5) is 17.0. The summed E-state index contributed by atoms with van der Waals surface area (Å²) in [6.07, 6.45) is 0. The predicted octanol–water partition coefficient (Wildman–Crippen LogP) is 3.59. The largest absolute Gasteiger partial charge is 0.496 e. The van der Waals surface area contributed by atoms with Crippen molar-refractivity contribution < 1.29 is 9.53 Å². The van der Waals surface area contributed by atoms with Gasteiger partial charge in [0.2, 0.25) is 0 Å². The van der Waals surface area contributed by atoms with Crippen LogP contribution in [0.5, 0.6) is 5.75 Å². The van der Waals surface area contributed by atoms with Crippen LogP contribution in [0.4, 0.5) is 5.69 Å². The van der Waals surface area contributed by atoms with E-state index in [1.165, 1.54) is 0 Å². The molecule has 0 unspecified atom stereocenters. The summed E-state index contributed by atoms with van der Waals surface area (Å²) in [5, 5.41) is 4.11. The Bertz CT molecular complexity index is 897. The third kappa shape index (κ3) is 2.69. The van der Waals surface area contributed by atoms with Crippen molar-refractivity contribution in [3.63, 3.8) is 0 Å². The number of H-pyrrole nitrogens is 1. The molecule has 0 atom stereocenters. The van der Waals surface area contributed by atoms with E-state index in [1.807, 2.05) is 49.5 Å². The maximum Gasteiger partial charge on any atom is 0.269 e. The Kier molecular flexibility index (Phi) is 4.16. The van der Waals surface area contributed by atoms with E-state index in [2.05, 4.69) is 10.3 Å².